The zero-order chi connectivity index (χ0) is 45.2. The molecule has 0 N–H and O–H groups in total. The largest absolute Gasteiger partial charge is 0.252 e. The van der Waals surface area contributed by atoms with Crippen molar-refractivity contribution in [3.8, 4) is 67.0 Å². The highest BCUT2D eigenvalue weighted by Gasteiger charge is 2.21. The van der Waals surface area contributed by atoms with Gasteiger partial charge in [0.15, 0.2) is 0 Å². The molecule has 0 fully saturated rings. The highest BCUT2D eigenvalue weighted by atomic mass is 14.8. The molecular formula is C64H52N2. The highest BCUT2D eigenvalue weighted by molar-refractivity contribution is 6.22. The number of hydrogen-bond acceptors (Lipinski definition) is 2. The number of aromatic nitrogens is 2. The summed E-state index contributed by atoms with van der Waals surface area (Å²) in [4.78, 5) is 9.90. The van der Waals surface area contributed by atoms with Crippen LogP contribution < -0.4 is 0 Å². The maximum atomic E-state index is 4.95. The molecule has 0 aliphatic carbocycles. The lowest BCUT2D eigenvalue weighted by molar-refractivity contribution is 0.590. The molecule has 2 heteroatoms. The number of fused-ring (bicyclic) bond motifs is 4. The Kier molecular flexibility index (Phi) is 10.0. The first-order valence-electron chi connectivity index (χ1n) is 23.1. The standard InChI is InChI=1S/C64H52N2/c1-63(2,3)47-35-31-43(32-36-47)59-53-19-11-7-15-49(53)57(50-16-8-12-20-54(50)59)41-23-27-45(28-24-41)61-62(66-40-39-65-61)46-29-25-42(26-30-46)58-51-17-9-13-21-55(51)60(56-22-14-10-18-52(56)58)44-33-37-48(38-34-44)64(4,5)6/h7-40H,1-6H3. The third-order valence-corrected chi connectivity index (χ3v) is 13.5. The molecule has 0 saturated carbocycles. The monoisotopic (exact) mass is 848 g/mol. The lowest BCUT2D eigenvalue weighted by Gasteiger charge is -2.21. The molecule has 318 valence electrons. The van der Waals surface area contributed by atoms with E-state index < -0.39 is 0 Å². The first-order chi connectivity index (χ1) is 32.0. The van der Waals surface area contributed by atoms with E-state index in [0.29, 0.717) is 0 Å². The Hall–Kier alpha value is -7.68. The second-order valence-electron chi connectivity index (χ2n) is 19.7. The Morgan fingerprint density at radius 3 is 0.652 bits per heavy atom. The summed E-state index contributed by atoms with van der Waals surface area (Å²) >= 11 is 0. The number of nitrogens with zero attached hydrogens (tertiary/aromatic N) is 2. The molecule has 0 aliphatic rings. The van der Waals surface area contributed by atoms with E-state index >= 15 is 0 Å². The average Bonchev–Trinajstić information content (AvgIpc) is 3.34. The van der Waals surface area contributed by atoms with E-state index in [2.05, 4.69) is 236 Å². The molecule has 11 rings (SSSR count). The van der Waals surface area contributed by atoms with Gasteiger partial charge in [-0.15, -0.1) is 0 Å². The van der Waals surface area contributed by atoms with Gasteiger partial charge in [0.1, 0.15) is 0 Å². The van der Waals surface area contributed by atoms with Crippen LogP contribution in [0.25, 0.3) is 110 Å². The van der Waals surface area contributed by atoms with E-state index in [0.717, 1.165) is 22.5 Å². The summed E-state index contributed by atoms with van der Waals surface area (Å²) < 4.78 is 0. The molecule has 66 heavy (non-hydrogen) atoms. The molecule has 0 radical (unpaired) electrons. The first kappa shape index (κ1) is 41.1. The Morgan fingerprint density at radius 1 is 0.242 bits per heavy atom. The number of rotatable bonds is 6. The van der Waals surface area contributed by atoms with Crippen LogP contribution in [-0.2, 0) is 10.8 Å². The van der Waals surface area contributed by atoms with Gasteiger partial charge in [0.25, 0.3) is 0 Å². The minimum Gasteiger partial charge on any atom is -0.252 e. The predicted octanol–water partition coefficient (Wildman–Crippen LogP) is 17.7. The van der Waals surface area contributed by atoms with Crippen LogP contribution in [0.2, 0.25) is 0 Å². The molecule has 11 aromatic rings. The molecule has 0 bridgehead atoms. The molecular weight excluding hydrogens is 797 g/mol. The van der Waals surface area contributed by atoms with Crippen molar-refractivity contribution in [2.24, 2.45) is 0 Å². The summed E-state index contributed by atoms with van der Waals surface area (Å²) in [6.07, 6.45) is 3.59. The van der Waals surface area contributed by atoms with Gasteiger partial charge in [0.2, 0.25) is 0 Å². The number of hydrogen-bond donors (Lipinski definition) is 0. The van der Waals surface area contributed by atoms with Crippen LogP contribution in [-0.4, -0.2) is 9.97 Å². The van der Waals surface area contributed by atoms with Gasteiger partial charge < -0.3 is 0 Å². The van der Waals surface area contributed by atoms with Crippen LogP contribution in [0.5, 0.6) is 0 Å². The first-order valence-corrected chi connectivity index (χ1v) is 23.1. The highest BCUT2D eigenvalue weighted by Crippen LogP contribution is 2.46. The van der Waals surface area contributed by atoms with Gasteiger partial charge in [-0.05, 0) is 110 Å². The molecule has 1 aromatic heterocycles. The van der Waals surface area contributed by atoms with E-state index in [1.54, 1.807) is 12.4 Å². The van der Waals surface area contributed by atoms with Gasteiger partial charge >= 0.3 is 0 Å². The lowest BCUT2D eigenvalue weighted by Crippen LogP contribution is -2.10. The summed E-state index contributed by atoms with van der Waals surface area (Å²) in [5, 5.41) is 9.96. The molecule has 0 atom stereocenters. The van der Waals surface area contributed by atoms with Crippen molar-refractivity contribution in [1.29, 1.82) is 0 Å². The predicted molar refractivity (Wildman–Crippen MR) is 282 cm³/mol. The summed E-state index contributed by atoms with van der Waals surface area (Å²) in [5.41, 5.74) is 16.5. The Morgan fingerprint density at radius 2 is 0.439 bits per heavy atom. The van der Waals surface area contributed by atoms with Gasteiger partial charge in [-0.25, -0.2) is 0 Å². The SMILES string of the molecule is CC(C)(C)c1ccc(-c2c3ccccc3c(-c3ccc(-c4nccnc4-c4ccc(-c5c6ccccc6c(-c6ccc(C(C)(C)C)cc6)c6ccccc56)cc4)cc3)c3ccccc23)cc1. The van der Waals surface area contributed by atoms with Crippen molar-refractivity contribution < 1.29 is 0 Å². The van der Waals surface area contributed by atoms with Gasteiger partial charge in [-0.1, -0.05) is 236 Å². The average molecular weight is 849 g/mol. The van der Waals surface area contributed by atoms with Crippen LogP contribution in [0.3, 0.4) is 0 Å². The lowest BCUT2D eigenvalue weighted by atomic mass is 9.83. The maximum Gasteiger partial charge on any atom is 0.0965 e. The molecule has 1 heterocycles. The minimum atomic E-state index is 0.0925. The van der Waals surface area contributed by atoms with Crippen molar-refractivity contribution in [3.63, 3.8) is 0 Å². The van der Waals surface area contributed by atoms with Gasteiger partial charge in [0, 0.05) is 23.5 Å². The van der Waals surface area contributed by atoms with Crippen LogP contribution in [0, 0.1) is 0 Å². The third kappa shape index (κ3) is 7.14. The van der Waals surface area contributed by atoms with Crippen molar-refractivity contribution in [2.75, 3.05) is 0 Å². The summed E-state index contributed by atoms with van der Waals surface area (Å²) in [6, 6.07) is 71.6. The Labute approximate surface area is 388 Å². The number of benzene rings is 10. The molecule has 0 unspecified atom stereocenters. The molecule has 2 nitrogen and oxygen atoms in total. The fourth-order valence-electron chi connectivity index (χ4n) is 10.1. The quantitative estimate of drug-likeness (QED) is 0.156. The molecule has 0 saturated heterocycles. The van der Waals surface area contributed by atoms with Gasteiger partial charge in [-0.2, -0.15) is 0 Å². The van der Waals surface area contributed by atoms with Crippen molar-refractivity contribution >= 4 is 43.1 Å². The van der Waals surface area contributed by atoms with Crippen LogP contribution in [0.4, 0.5) is 0 Å². The van der Waals surface area contributed by atoms with Crippen LogP contribution >= 0.6 is 0 Å². The van der Waals surface area contributed by atoms with Gasteiger partial charge in [0.05, 0.1) is 11.4 Å². The van der Waals surface area contributed by atoms with E-state index in [9.17, 15) is 0 Å². The van der Waals surface area contributed by atoms with Gasteiger partial charge in [-0.3, -0.25) is 9.97 Å². The topological polar surface area (TPSA) is 25.8 Å². The second kappa shape index (κ2) is 16.1. The van der Waals surface area contributed by atoms with Crippen molar-refractivity contribution in [1.82, 2.24) is 9.97 Å². The third-order valence-electron chi connectivity index (χ3n) is 13.5. The molecule has 0 amide bonds. The van der Waals surface area contributed by atoms with E-state index in [1.807, 2.05) is 0 Å². The Balaban J connectivity index is 0.969. The van der Waals surface area contributed by atoms with E-state index in [1.165, 1.54) is 98.7 Å². The summed E-state index contributed by atoms with van der Waals surface area (Å²) in [5.74, 6) is 0. The van der Waals surface area contributed by atoms with Crippen molar-refractivity contribution in [3.05, 3.63) is 218 Å². The van der Waals surface area contributed by atoms with E-state index in [-0.39, 0.29) is 10.8 Å². The zero-order valence-corrected chi connectivity index (χ0v) is 38.5. The minimum absolute atomic E-state index is 0.0925. The Bertz CT molecular complexity index is 3250. The van der Waals surface area contributed by atoms with Crippen LogP contribution in [0.1, 0.15) is 52.7 Å². The normalized spacial score (nSPS) is 12.1. The smallest absolute Gasteiger partial charge is 0.0965 e. The zero-order valence-electron chi connectivity index (χ0n) is 38.5. The fourth-order valence-corrected chi connectivity index (χ4v) is 10.1. The summed E-state index contributed by atoms with van der Waals surface area (Å²) in [7, 11) is 0. The van der Waals surface area contributed by atoms with Crippen molar-refractivity contribution in [2.45, 2.75) is 52.4 Å². The fraction of sp³-hybridized carbons (Fsp3) is 0.125. The van der Waals surface area contributed by atoms with E-state index in [4.69, 9.17) is 9.97 Å². The molecule has 0 aliphatic heterocycles. The second-order valence-corrected chi connectivity index (χ2v) is 19.7. The maximum absolute atomic E-state index is 4.95. The van der Waals surface area contributed by atoms with Crippen LogP contribution in [0.15, 0.2) is 207 Å². The summed E-state index contributed by atoms with van der Waals surface area (Å²) in [6.45, 7) is 13.6. The molecule has 10 aromatic carbocycles. The molecule has 0 spiro atoms.